The van der Waals surface area contributed by atoms with E-state index >= 15 is 0 Å². The van der Waals surface area contributed by atoms with Crippen LogP contribution < -0.4 is 0 Å². The van der Waals surface area contributed by atoms with Crippen LogP contribution in [0.25, 0.3) is 0 Å². The van der Waals surface area contributed by atoms with Gasteiger partial charge in [-0.1, -0.05) is 6.92 Å². The average Bonchev–Trinajstić information content (AvgIpc) is 3.15. The summed E-state index contributed by atoms with van der Waals surface area (Å²) in [6, 6.07) is 3.37. The Morgan fingerprint density at radius 3 is 2.18 bits per heavy atom. The largest absolute Gasteiger partial charge is 0.336 e. The van der Waals surface area contributed by atoms with Gasteiger partial charge in [-0.25, -0.2) is 16.8 Å². The summed E-state index contributed by atoms with van der Waals surface area (Å²) in [6.07, 6.45) is 2.36. The average molecular weight is 498 g/mol. The molecule has 0 aliphatic carbocycles. The normalized spacial score (nSPS) is 25.4. The van der Waals surface area contributed by atoms with Gasteiger partial charge in [0, 0.05) is 50.9 Å². The molecular weight excluding hydrogens is 462 g/mol. The van der Waals surface area contributed by atoms with E-state index in [9.17, 15) is 21.6 Å². The number of benzene rings is 1. The molecule has 3 aliphatic heterocycles. The monoisotopic (exact) mass is 497 g/mol. The molecule has 3 aliphatic rings. The first-order valence-corrected chi connectivity index (χ1v) is 15.1. The Morgan fingerprint density at radius 2 is 1.61 bits per heavy atom. The van der Waals surface area contributed by atoms with Crippen molar-refractivity contribution in [3.63, 3.8) is 0 Å². The lowest BCUT2D eigenvalue weighted by Crippen LogP contribution is -2.52. The van der Waals surface area contributed by atoms with E-state index in [1.165, 1.54) is 0 Å². The molecule has 1 aromatic carbocycles. The summed E-state index contributed by atoms with van der Waals surface area (Å²) in [5.41, 5.74) is 1.89. The first-order chi connectivity index (χ1) is 15.5. The highest BCUT2D eigenvalue weighted by molar-refractivity contribution is 7.91. The standard InChI is InChI=1S/C23H35N3O5S2/c1-17-4-7-26(8-5-17)33(30,31)22-15-20(14-18(2)19(22)3)23(27)25-11-9-24(10-12-25)21-6-13-32(28,29)16-21/h14-15,17,21H,4-13,16H2,1-3H3. The Morgan fingerprint density at radius 1 is 0.970 bits per heavy atom. The van der Waals surface area contributed by atoms with Gasteiger partial charge in [-0.2, -0.15) is 4.31 Å². The van der Waals surface area contributed by atoms with Gasteiger partial charge in [-0.05, 0) is 62.3 Å². The molecule has 184 valence electrons. The highest BCUT2D eigenvalue weighted by atomic mass is 32.2. The molecular formula is C23H35N3O5S2. The zero-order chi connectivity index (χ0) is 24.0. The van der Waals surface area contributed by atoms with Crippen molar-refractivity contribution in [1.82, 2.24) is 14.1 Å². The number of rotatable bonds is 4. The fourth-order valence-corrected chi connectivity index (χ4v) is 8.67. The molecule has 1 aromatic rings. The maximum absolute atomic E-state index is 13.4. The third-order valence-corrected chi connectivity index (χ3v) is 11.3. The number of piperazine rings is 1. The van der Waals surface area contributed by atoms with Crippen molar-refractivity contribution in [2.45, 2.75) is 51.0 Å². The van der Waals surface area contributed by atoms with E-state index in [-0.39, 0.29) is 28.4 Å². The third kappa shape index (κ3) is 5.13. The van der Waals surface area contributed by atoms with E-state index in [1.54, 1.807) is 28.3 Å². The molecule has 1 atom stereocenters. The Labute approximate surface area is 197 Å². The Bertz CT molecular complexity index is 1120. The second-order valence-corrected chi connectivity index (χ2v) is 14.0. The molecule has 0 radical (unpaired) electrons. The second-order valence-electron chi connectivity index (χ2n) is 9.89. The second kappa shape index (κ2) is 9.28. The molecule has 0 spiro atoms. The van der Waals surface area contributed by atoms with Crippen LogP contribution in [0.1, 0.15) is 47.7 Å². The van der Waals surface area contributed by atoms with Crippen LogP contribution in [0.2, 0.25) is 0 Å². The van der Waals surface area contributed by atoms with Crippen LogP contribution in [-0.4, -0.2) is 93.7 Å². The van der Waals surface area contributed by atoms with E-state index in [4.69, 9.17) is 0 Å². The van der Waals surface area contributed by atoms with Gasteiger partial charge in [0.2, 0.25) is 10.0 Å². The highest BCUT2D eigenvalue weighted by Crippen LogP contribution is 2.29. The van der Waals surface area contributed by atoms with E-state index in [1.807, 2.05) is 6.92 Å². The van der Waals surface area contributed by atoms with Crippen molar-refractivity contribution in [1.29, 1.82) is 0 Å². The lowest BCUT2D eigenvalue weighted by atomic mass is 10.0. The number of hydrogen-bond donors (Lipinski definition) is 0. The summed E-state index contributed by atoms with van der Waals surface area (Å²) < 4.78 is 52.0. The number of carbonyl (C=O) groups is 1. The molecule has 3 saturated heterocycles. The fraction of sp³-hybridized carbons (Fsp3) is 0.696. The van der Waals surface area contributed by atoms with Gasteiger partial charge >= 0.3 is 0 Å². The number of nitrogens with zero attached hydrogens (tertiary/aromatic N) is 3. The zero-order valence-electron chi connectivity index (χ0n) is 19.8. The van der Waals surface area contributed by atoms with Crippen molar-refractivity contribution in [3.8, 4) is 0 Å². The van der Waals surface area contributed by atoms with Gasteiger partial charge in [0.15, 0.2) is 9.84 Å². The quantitative estimate of drug-likeness (QED) is 0.628. The Kier molecular flexibility index (Phi) is 6.93. The minimum Gasteiger partial charge on any atom is -0.336 e. The first-order valence-electron chi connectivity index (χ1n) is 11.8. The molecule has 1 amide bonds. The van der Waals surface area contributed by atoms with Gasteiger partial charge in [-0.3, -0.25) is 9.69 Å². The first kappa shape index (κ1) is 24.6. The molecule has 8 nitrogen and oxygen atoms in total. The molecule has 3 heterocycles. The minimum absolute atomic E-state index is 0.0397. The predicted molar refractivity (Wildman–Crippen MR) is 128 cm³/mol. The lowest BCUT2D eigenvalue weighted by molar-refractivity contribution is 0.0587. The maximum atomic E-state index is 13.4. The van der Waals surface area contributed by atoms with Crippen molar-refractivity contribution < 1.29 is 21.6 Å². The van der Waals surface area contributed by atoms with Crippen molar-refractivity contribution in [3.05, 3.63) is 28.8 Å². The van der Waals surface area contributed by atoms with Crippen LogP contribution in [0.4, 0.5) is 0 Å². The van der Waals surface area contributed by atoms with Gasteiger partial charge < -0.3 is 4.90 Å². The van der Waals surface area contributed by atoms with E-state index in [0.29, 0.717) is 62.7 Å². The molecule has 1 unspecified atom stereocenters. The number of carbonyl (C=O) groups excluding carboxylic acids is 1. The molecule has 0 saturated carbocycles. The minimum atomic E-state index is -3.66. The topological polar surface area (TPSA) is 95.1 Å². The number of sulfone groups is 1. The summed E-state index contributed by atoms with van der Waals surface area (Å²) in [5.74, 6) is 0.803. The van der Waals surface area contributed by atoms with E-state index < -0.39 is 19.9 Å². The highest BCUT2D eigenvalue weighted by Gasteiger charge is 2.35. The van der Waals surface area contributed by atoms with Gasteiger partial charge in [0.25, 0.3) is 5.91 Å². The third-order valence-electron chi connectivity index (χ3n) is 7.55. The van der Waals surface area contributed by atoms with Gasteiger partial charge in [0.05, 0.1) is 16.4 Å². The number of amides is 1. The van der Waals surface area contributed by atoms with Crippen LogP contribution >= 0.6 is 0 Å². The Balaban J connectivity index is 1.49. The number of piperidine rings is 1. The summed E-state index contributed by atoms with van der Waals surface area (Å²) in [7, 11) is -6.60. The van der Waals surface area contributed by atoms with Gasteiger partial charge in [-0.15, -0.1) is 0 Å². The SMILES string of the molecule is Cc1cc(C(=O)N2CCN(C3CCS(=O)(=O)C3)CC2)cc(S(=O)(=O)N2CCC(C)CC2)c1C. The molecule has 10 heteroatoms. The van der Waals surface area contributed by atoms with Crippen LogP contribution in [0.3, 0.4) is 0 Å². The Hall–Kier alpha value is -1.49. The van der Waals surface area contributed by atoms with Crippen molar-refractivity contribution >= 4 is 25.8 Å². The molecule has 0 N–H and O–H groups in total. The molecule has 3 fully saturated rings. The fourth-order valence-electron chi connectivity index (χ4n) is 5.12. The summed E-state index contributed by atoms with van der Waals surface area (Å²) in [5, 5.41) is 0. The van der Waals surface area contributed by atoms with Gasteiger partial charge in [0.1, 0.15) is 0 Å². The van der Waals surface area contributed by atoms with Crippen LogP contribution in [0.5, 0.6) is 0 Å². The maximum Gasteiger partial charge on any atom is 0.253 e. The van der Waals surface area contributed by atoms with E-state index in [0.717, 1.165) is 18.4 Å². The number of aryl methyl sites for hydroxylation is 1. The molecule has 33 heavy (non-hydrogen) atoms. The molecule has 0 aromatic heterocycles. The molecule has 0 bridgehead atoms. The van der Waals surface area contributed by atoms with Crippen LogP contribution in [-0.2, 0) is 19.9 Å². The summed E-state index contributed by atoms with van der Waals surface area (Å²) in [4.78, 5) is 17.4. The predicted octanol–water partition coefficient (Wildman–Crippen LogP) is 1.67. The van der Waals surface area contributed by atoms with Crippen LogP contribution in [0.15, 0.2) is 17.0 Å². The van der Waals surface area contributed by atoms with E-state index in [2.05, 4.69) is 11.8 Å². The molecule has 4 rings (SSSR count). The van der Waals surface area contributed by atoms with Crippen molar-refractivity contribution in [2.24, 2.45) is 5.92 Å². The summed E-state index contributed by atoms with van der Waals surface area (Å²) >= 11 is 0. The lowest BCUT2D eigenvalue weighted by Gasteiger charge is -2.37. The number of hydrogen-bond acceptors (Lipinski definition) is 6. The zero-order valence-corrected chi connectivity index (χ0v) is 21.4. The van der Waals surface area contributed by atoms with Crippen molar-refractivity contribution in [2.75, 3.05) is 50.8 Å². The summed E-state index contributed by atoms with van der Waals surface area (Å²) in [6.45, 7) is 9.10. The number of sulfonamides is 1. The van der Waals surface area contributed by atoms with Crippen LogP contribution in [0, 0.1) is 19.8 Å². The smallest absolute Gasteiger partial charge is 0.253 e.